The van der Waals surface area contributed by atoms with Gasteiger partial charge < -0.3 is 10.1 Å². The molecular formula is C16H18BrFN2O. The van der Waals surface area contributed by atoms with E-state index in [-0.39, 0.29) is 18.0 Å². The van der Waals surface area contributed by atoms with E-state index in [2.05, 4.69) is 26.2 Å². The van der Waals surface area contributed by atoms with Crippen LogP contribution in [0.2, 0.25) is 0 Å². The summed E-state index contributed by atoms with van der Waals surface area (Å²) < 4.78 is 19.8. The fourth-order valence-corrected chi connectivity index (χ4v) is 2.39. The van der Waals surface area contributed by atoms with Gasteiger partial charge in [0.1, 0.15) is 11.6 Å². The second-order valence-corrected chi connectivity index (χ2v) is 5.87. The van der Waals surface area contributed by atoms with Gasteiger partial charge in [0, 0.05) is 6.20 Å². The maximum atomic E-state index is 13.7. The van der Waals surface area contributed by atoms with Crippen molar-refractivity contribution in [1.82, 2.24) is 10.3 Å². The SMILES string of the molecule is CNC(c1cncc(OC(C)C)c1)c1ccc(Br)c(F)c1. The highest BCUT2D eigenvalue weighted by Gasteiger charge is 2.15. The Bertz CT molecular complexity index is 619. The number of ether oxygens (including phenoxy) is 1. The molecule has 112 valence electrons. The van der Waals surface area contributed by atoms with Crippen LogP contribution in [0.25, 0.3) is 0 Å². The summed E-state index contributed by atoms with van der Waals surface area (Å²) >= 11 is 3.17. The van der Waals surface area contributed by atoms with Crippen LogP contribution in [0.4, 0.5) is 4.39 Å². The van der Waals surface area contributed by atoms with Gasteiger partial charge in [0.15, 0.2) is 0 Å². The Labute approximate surface area is 132 Å². The number of aromatic nitrogens is 1. The minimum atomic E-state index is -0.282. The van der Waals surface area contributed by atoms with Gasteiger partial charge in [-0.15, -0.1) is 0 Å². The van der Waals surface area contributed by atoms with Crippen molar-refractivity contribution in [2.45, 2.75) is 26.0 Å². The van der Waals surface area contributed by atoms with Crippen LogP contribution >= 0.6 is 15.9 Å². The molecule has 0 spiro atoms. The van der Waals surface area contributed by atoms with E-state index >= 15 is 0 Å². The molecule has 0 saturated heterocycles. The number of pyridine rings is 1. The molecule has 0 saturated carbocycles. The van der Waals surface area contributed by atoms with E-state index in [0.717, 1.165) is 11.1 Å². The first-order valence-electron chi connectivity index (χ1n) is 6.75. The topological polar surface area (TPSA) is 34.2 Å². The second kappa shape index (κ2) is 7.00. The third-order valence-electron chi connectivity index (χ3n) is 3.01. The number of rotatable bonds is 5. The molecule has 1 unspecified atom stereocenters. The van der Waals surface area contributed by atoms with Gasteiger partial charge in [-0.2, -0.15) is 0 Å². The van der Waals surface area contributed by atoms with Crippen LogP contribution in [0, 0.1) is 5.82 Å². The quantitative estimate of drug-likeness (QED) is 0.880. The zero-order chi connectivity index (χ0) is 15.4. The lowest BCUT2D eigenvalue weighted by Gasteiger charge is -2.18. The fraction of sp³-hybridized carbons (Fsp3) is 0.312. The van der Waals surface area contributed by atoms with E-state index in [4.69, 9.17) is 4.74 Å². The highest BCUT2D eigenvalue weighted by atomic mass is 79.9. The van der Waals surface area contributed by atoms with E-state index in [1.165, 1.54) is 6.07 Å². The van der Waals surface area contributed by atoms with Gasteiger partial charge >= 0.3 is 0 Å². The summed E-state index contributed by atoms with van der Waals surface area (Å²) in [5.74, 6) is 0.427. The predicted molar refractivity (Wildman–Crippen MR) is 85.0 cm³/mol. The van der Waals surface area contributed by atoms with E-state index in [0.29, 0.717) is 10.2 Å². The highest BCUT2D eigenvalue weighted by molar-refractivity contribution is 9.10. The largest absolute Gasteiger partial charge is 0.489 e. The third kappa shape index (κ3) is 4.02. The lowest BCUT2D eigenvalue weighted by molar-refractivity contribution is 0.241. The number of halogens is 2. The average molecular weight is 353 g/mol. The lowest BCUT2D eigenvalue weighted by atomic mass is 10.0. The van der Waals surface area contributed by atoms with Crippen LogP contribution in [-0.4, -0.2) is 18.1 Å². The molecule has 0 radical (unpaired) electrons. The molecule has 0 bridgehead atoms. The zero-order valence-electron chi connectivity index (χ0n) is 12.2. The molecule has 1 heterocycles. The first-order valence-corrected chi connectivity index (χ1v) is 7.54. The van der Waals surface area contributed by atoms with Crippen LogP contribution in [0.3, 0.4) is 0 Å². The Morgan fingerprint density at radius 3 is 2.57 bits per heavy atom. The molecule has 0 amide bonds. The molecule has 21 heavy (non-hydrogen) atoms. The molecule has 0 aliphatic heterocycles. The monoisotopic (exact) mass is 352 g/mol. The molecule has 1 N–H and O–H groups in total. The number of benzene rings is 1. The Balaban J connectivity index is 2.34. The number of nitrogens with one attached hydrogen (secondary N) is 1. The average Bonchev–Trinajstić information content (AvgIpc) is 2.43. The summed E-state index contributed by atoms with van der Waals surface area (Å²) in [6.45, 7) is 3.93. The number of nitrogens with zero attached hydrogens (tertiary/aromatic N) is 1. The first-order chi connectivity index (χ1) is 10.0. The molecule has 2 rings (SSSR count). The van der Waals surface area contributed by atoms with E-state index in [1.807, 2.05) is 33.0 Å². The first kappa shape index (κ1) is 15.9. The van der Waals surface area contributed by atoms with Crippen molar-refractivity contribution in [3.05, 3.63) is 58.1 Å². The van der Waals surface area contributed by atoms with Crippen molar-refractivity contribution < 1.29 is 9.13 Å². The Hall–Kier alpha value is -1.46. The molecule has 1 aromatic heterocycles. The molecule has 5 heteroatoms. The van der Waals surface area contributed by atoms with Crippen LogP contribution in [0.1, 0.15) is 31.0 Å². The summed E-state index contributed by atoms with van der Waals surface area (Å²) in [5, 5.41) is 3.18. The second-order valence-electron chi connectivity index (χ2n) is 5.02. The summed E-state index contributed by atoms with van der Waals surface area (Å²) in [7, 11) is 1.83. The van der Waals surface area contributed by atoms with Gasteiger partial charge in [-0.05, 0) is 66.2 Å². The summed E-state index contributed by atoms with van der Waals surface area (Å²) in [6, 6.07) is 6.88. The molecule has 0 aliphatic carbocycles. The maximum absolute atomic E-state index is 13.7. The van der Waals surface area contributed by atoms with Gasteiger partial charge in [0.05, 0.1) is 22.8 Å². The van der Waals surface area contributed by atoms with Crippen LogP contribution in [-0.2, 0) is 0 Å². The molecular weight excluding hydrogens is 335 g/mol. The summed E-state index contributed by atoms with van der Waals surface area (Å²) in [6.07, 6.45) is 3.52. The normalized spacial score (nSPS) is 12.5. The lowest BCUT2D eigenvalue weighted by Crippen LogP contribution is -2.18. The fourth-order valence-electron chi connectivity index (χ4n) is 2.15. The number of hydrogen-bond acceptors (Lipinski definition) is 3. The van der Waals surface area contributed by atoms with Gasteiger partial charge in [0.2, 0.25) is 0 Å². The van der Waals surface area contributed by atoms with Crippen LogP contribution in [0.5, 0.6) is 5.75 Å². The van der Waals surface area contributed by atoms with Crippen molar-refractivity contribution >= 4 is 15.9 Å². The highest BCUT2D eigenvalue weighted by Crippen LogP contribution is 2.27. The van der Waals surface area contributed by atoms with Crippen LogP contribution in [0.15, 0.2) is 41.1 Å². The van der Waals surface area contributed by atoms with E-state index in [1.54, 1.807) is 18.5 Å². The Morgan fingerprint density at radius 1 is 1.19 bits per heavy atom. The van der Waals surface area contributed by atoms with Crippen molar-refractivity contribution in [1.29, 1.82) is 0 Å². The summed E-state index contributed by atoms with van der Waals surface area (Å²) in [4.78, 5) is 4.20. The van der Waals surface area contributed by atoms with E-state index < -0.39 is 0 Å². The minimum Gasteiger partial charge on any atom is -0.489 e. The van der Waals surface area contributed by atoms with Gasteiger partial charge in [0.25, 0.3) is 0 Å². The predicted octanol–water partition coefficient (Wildman–Crippen LogP) is 4.08. The van der Waals surface area contributed by atoms with Crippen molar-refractivity contribution in [2.75, 3.05) is 7.05 Å². The van der Waals surface area contributed by atoms with Gasteiger partial charge in [-0.25, -0.2) is 4.39 Å². The summed E-state index contributed by atoms with van der Waals surface area (Å²) in [5.41, 5.74) is 1.76. The Kier molecular flexibility index (Phi) is 5.31. The maximum Gasteiger partial charge on any atom is 0.138 e. The van der Waals surface area contributed by atoms with Crippen molar-refractivity contribution in [3.63, 3.8) is 0 Å². The molecule has 0 aliphatic rings. The third-order valence-corrected chi connectivity index (χ3v) is 3.65. The molecule has 1 atom stereocenters. The van der Waals surface area contributed by atoms with E-state index in [9.17, 15) is 4.39 Å². The molecule has 1 aromatic carbocycles. The number of hydrogen-bond donors (Lipinski definition) is 1. The van der Waals surface area contributed by atoms with Crippen molar-refractivity contribution in [3.8, 4) is 5.75 Å². The van der Waals surface area contributed by atoms with Crippen LogP contribution < -0.4 is 10.1 Å². The molecule has 2 aromatic rings. The van der Waals surface area contributed by atoms with Crippen molar-refractivity contribution in [2.24, 2.45) is 0 Å². The molecule has 3 nitrogen and oxygen atoms in total. The van der Waals surface area contributed by atoms with Gasteiger partial charge in [-0.3, -0.25) is 4.98 Å². The van der Waals surface area contributed by atoms with Gasteiger partial charge in [-0.1, -0.05) is 6.07 Å². The minimum absolute atomic E-state index is 0.0835. The zero-order valence-corrected chi connectivity index (χ0v) is 13.8. The molecule has 0 fully saturated rings. The Morgan fingerprint density at radius 2 is 1.95 bits per heavy atom. The standard InChI is InChI=1S/C16H18BrFN2O/c1-10(2)21-13-6-12(8-20-9-13)16(19-3)11-4-5-14(17)15(18)7-11/h4-10,16,19H,1-3H3. The smallest absolute Gasteiger partial charge is 0.138 e.